The van der Waals surface area contributed by atoms with Gasteiger partial charge in [0.25, 0.3) is 0 Å². The van der Waals surface area contributed by atoms with Gasteiger partial charge in [-0.3, -0.25) is 9.59 Å². The van der Waals surface area contributed by atoms with Crippen molar-refractivity contribution in [2.45, 2.75) is 99.1 Å². The van der Waals surface area contributed by atoms with Crippen LogP contribution in [0.5, 0.6) is 0 Å². The Morgan fingerprint density at radius 2 is 1.45 bits per heavy atom. The third-order valence-electron chi connectivity index (χ3n) is 9.33. The van der Waals surface area contributed by atoms with E-state index in [2.05, 4.69) is 27.7 Å². The van der Waals surface area contributed by atoms with Crippen LogP contribution < -0.4 is 0 Å². The van der Waals surface area contributed by atoms with Crippen LogP contribution in [0.25, 0.3) is 0 Å². The van der Waals surface area contributed by atoms with E-state index in [1.54, 1.807) is 0 Å². The second kappa shape index (κ2) is 6.96. The van der Waals surface area contributed by atoms with Crippen molar-refractivity contribution in [2.75, 3.05) is 0 Å². The SMILES string of the molecule is CC(=O)O[C@@H]1O[C@H](OC(C)=O)[C@@H]2[C@H]1CCC1[C@@]3(C)CCCC(C)(C)C3CC[C@]12C. The highest BCUT2D eigenvalue weighted by atomic mass is 16.8. The summed E-state index contributed by atoms with van der Waals surface area (Å²) in [5, 5.41) is 0. The molecule has 1 saturated heterocycles. The normalized spacial score (nSPS) is 48.1. The molecule has 29 heavy (non-hydrogen) atoms. The maximum Gasteiger partial charge on any atom is 0.304 e. The average Bonchev–Trinajstić information content (AvgIpc) is 2.90. The van der Waals surface area contributed by atoms with Crippen molar-refractivity contribution in [3.05, 3.63) is 0 Å². The van der Waals surface area contributed by atoms with E-state index in [4.69, 9.17) is 14.2 Å². The Morgan fingerprint density at radius 1 is 0.793 bits per heavy atom. The van der Waals surface area contributed by atoms with Crippen molar-refractivity contribution >= 4 is 11.9 Å². The van der Waals surface area contributed by atoms with Crippen molar-refractivity contribution in [3.8, 4) is 0 Å². The summed E-state index contributed by atoms with van der Waals surface area (Å²) in [6, 6.07) is 0. The molecule has 3 aliphatic carbocycles. The molecule has 2 unspecified atom stereocenters. The Kier molecular flexibility index (Phi) is 5.08. The fraction of sp³-hybridized carbons (Fsp3) is 0.917. The van der Waals surface area contributed by atoms with E-state index in [1.807, 2.05) is 0 Å². The van der Waals surface area contributed by atoms with E-state index in [0.717, 1.165) is 25.2 Å². The first-order valence-corrected chi connectivity index (χ1v) is 11.5. The molecule has 164 valence electrons. The first-order chi connectivity index (χ1) is 13.5. The number of fused-ring (bicyclic) bond motifs is 5. The lowest BCUT2D eigenvalue weighted by atomic mass is 9.39. The summed E-state index contributed by atoms with van der Waals surface area (Å²) in [5.74, 6) is 0.818. The van der Waals surface area contributed by atoms with Gasteiger partial charge in [0, 0.05) is 25.7 Å². The molecule has 0 aromatic carbocycles. The van der Waals surface area contributed by atoms with Crippen molar-refractivity contribution in [2.24, 2.45) is 39.9 Å². The van der Waals surface area contributed by atoms with Crippen LogP contribution in [0.2, 0.25) is 0 Å². The lowest BCUT2D eigenvalue weighted by Crippen LogP contribution is -2.60. The molecule has 4 aliphatic rings. The van der Waals surface area contributed by atoms with Crippen LogP contribution in [0, 0.1) is 39.9 Å². The van der Waals surface area contributed by atoms with Crippen molar-refractivity contribution in [1.29, 1.82) is 0 Å². The number of esters is 2. The molecule has 4 rings (SSSR count). The third-order valence-corrected chi connectivity index (χ3v) is 9.33. The number of rotatable bonds is 2. The number of carbonyl (C=O) groups excluding carboxylic acids is 2. The number of carbonyl (C=O) groups is 2. The van der Waals surface area contributed by atoms with E-state index in [1.165, 1.54) is 39.5 Å². The molecule has 5 heteroatoms. The van der Waals surface area contributed by atoms with E-state index in [-0.39, 0.29) is 29.2 Å². The van der Waals surface area contributed by atoms with Crippen LogP contribution in [0.3, 0.4) is 0 Å². The highest BCUT2D eigenvalue weighted by Gasteiger charge is 2.67. The molecule has 3 saturated carbocycles. The van der Waals surface area contributed by atoms with Crippen molar-refractivity contribution in [3.63, 3.8) is 0 Å². The molecule has 0 radical (unpaired) electrons. The van der Waals surface area contributed by atoms with Gasteiger partial charge in [0.05, 0.1) is 0 Å². The summed E-state index contributed by atoms with van der Waals surface area (Å²) in [6.07, 6.45) is 7.10. The maximum absolute atomic E-state index is 11.8. The summed E-state index contributed by atoms with van der Waals surface area (Å²) >= 11 is 0. The second-order valence-electron chi connectivity index (χ2n) is 11.4. The Bertz CT molecular complexity index is 687. The van der Waals surface area contributed by atoms with Gasteiger partial charge in [0.15, 0.2) is 0 Å². The molecule has 1 aliphatic heterocycles. The minimum Gasteiger partial charge on any atom is -0.435 e. The highest BCUT2D eigenvalue weighted by molar-refractivity contribution is 5.66. The molecule has 1 heterocycles. The summed E-state index contributed by atoms with van der Waals surface area (Å²) in [7, 11) is 0. The Labute approximate surface area is 175 Å². The van der Waals surface area contributed by atoms with Gasteiger partial charge < -0.3 is 14.2 Å². The summed E-state index contributed by atoms with van der Waals surface area (Å²) in [6.45, 7) is 12.7. The van der Waals surface area contributed by atoms with Gasteiger partial charge in [-0.1, -0.05) is 34.1 Å². The van der Waals surface area contributed by atoms with Crippen LogP contribution in [0.15, 0.2) is 0 Å². The summed E-state index contributed by atoms with van der Waals surface area (Å²) in [4.78, 5) is 23.5. The quantitative estimate of drug-likeness (QED) is 0.599. The number of hydrogen-bond acceptors (Lipinski definition) is 5. The highest BCUT2D eigenvalue weighted by Crippen LogP contribution is 2.70. The Morgan fingerprint density at radius 3 is 2.10 bits per heavy atom. The van der Waals surface area contributed by atoms with Gasteiger partial charge >= 0.3 is 11.9 Å². The standard InChI is InChI=1S/C24H38O5/c1-14(25)27-20-16-8-9-18-23(5)12-7-11-22(3,4)17(23)10-13-24(18,6)19(16)21(29-20)28-15(2)26/h16-21H,7-13H2,1-6H3/t16-,17?,18?,19+,20-,21+,23+,24-/m1/s1. The predicted octanol–water partition coefficient (Wildman–Crippen LogP) is 5.07. The first-order valence-electron chi connectivity index (χ1n) is 11.5. The van der Waals surface area contributed by atoms with Crippen LogP contribution in [0.1, 0.15) is 86.5 Å². The molecule has 5 nitrogen and oxygen atoms in total. The zero-order valence-electron chi connectivity index (χ0n) is 19.0. The van der Waals surface area contributed by atoms with Gasteiger partial charge in [0.2, 0.25) is 12.6 Å². The fourth-order valence-corrected chi connectivity index (χ4v) is 8.45. The maximum atomic E-state index is 11.8. The molecule has 0 bridgehead atoms. The van der Waals surface area contributed by atoms with Crippen LogP contribution in [-0.2, 0) is 23.8 Å². The largest absolute Gasteiger partial charge is 0.435 e. The third kappa shape index (κ3) is 3.23. The van der Waals surface area contributed by atoms with E-state index >= 15 is 0 Å². The fourth-order valence-electron chi connectivity index (χ4n) is 8.45. The van der Waals surface area contributed by atoms with E-state index in [9.17, 15) is 9.59 Å². The van der Waals surface area contributed by atoms with Crippen molar-refractivity contribution in [1.82, 2.24) is 0 Å². The molecule has 0 N–H and O–H groups in total. The monoisotopic (exact) mass is 406 g/mol. The molecule has 0 spiro atoms. The van der Waals surface area contributed by atoms with E-state index < -0.39 is 12.6 Å². The van der Waals surface area contributed by atoms with E-state index in [0.29, 0.717) is 16.7 Å². The van der Waals surface area contributed by atoms with Crippen LogP contribution >= 0.6 is 0 Å². The van der Waals surface area contributed by atoms with Crippen LogP contribution in [0.4, 0.5) is 0 Å². The van der Waals surface area contributed by atoms with Gasteiger partial charge in [-0.15, -0.1) is 0 Å². The first kappa shape index (κ1) is 21.1. The molecule has 0 aromatic rings. The zero-order chi connectivity index (χ0) is 21.2. The zero-order valence-corrected chi connectivity index (χ0v) is 19.0. The lowest BCUT2D eigenvalue weighted by molar-refractivity contribution is -0.224. The van der Waals surface area contributed by atoms with Crippen LogP contribution in [-0.4, -0.2) is 24.5 Å². The molecule has 4 fully saturated rings. The minimum atomic E-state index is -0.619. The number of hydrogen-bond donors (Lipinski definition) is 0. The average molecular weight is 407 g/mol. The summed E-state index contributed by atoms with van der Waals surface area (Å²) < 4.78 is 17.3. The minimum absolute atomic E-state index is 0.0244. The molecular weight excluding hydrogens is 368 g/mol. The molecule has 8 atom stereocenters. The molecule has 0 aromatic heterocycles. The van der Waals surface area contributed by atoms with Gasteiger partial charge in [0.1, 0.15) is 0 Å². The molecular formula is C24H38O5. The lowest BCUT2D eigenvalue weighted by Gasteiger charge is -2.66. The number of ether oxygens (including phenoxy) is 3. The second-order valence-corrected chi connectivity index (χ2v) is 11.4. The smallest absolute Gasteiger partial charge is 0.304 e. The van der Waals surface area contributed by atoms with Gasteiger partial charge in [-0.05, 0) is 66.6 Å². The van der Waals surface area contributed by atoms with Crippen molar-refractivity contribution < 1.29 is 23.8 Å². The van der Waals surface area contributed by atoms with Gasteiger partial charge in [-0.2, -0.15) is 0 Å². The molecule has 0 amide bonds. The Balaban J connectivity index is 1.70. The van der Waals surface area contributed by atoms with Gasteiger partial charge in [-0.25, -0.2) is 0 Å². The Hall–Kier alpha value is -1.10. The topological polar surface area (TPSA) is 61.8 Å². The predicted molar refractivity (Wildman–Crippen MR) is 108 cm³/mol. The summed E-state index contributed by atoms with van der Waals surface area (Å²) in [5.41, 5.74) is 0.712.